The molecule has 3 rings (SSSR count). The standard InChI is InChI=1S/C17H26N2O2/c1-12(2)16(19-7-3-4-8-19)10-18-15-11-21-17-9-13(20)5-6-14(15)17/h5-6,9,12,15-16,18,20H,3-4,7-8,10-11H2,1-2H3. The molecule has 2 unspecified atom stereocenters. The molecule has 1 aromatic rings. The molecule has 4 nitrogen and oxygen atoms in total. The predicted octanol–water partition coefficient (Wildman–Crippen LogP) is 2.54. The van der Waals surface area contributed by atoms with Crippen molar-refractivity contribution in [1.29, 1.82) is 0 Å². The van der Waals surface area contributed by atoms with E-state index in [9.17, 15) is 5.11 Å². The Labute approximate surface area is 127 Å². The van der Waals surface area contributed by atoms with Crippen molar-refractivity contribution in [2.45, 2.75) is 38.8 Å². The van der Waals surface area contributed by atoms with Crippen molar-refractivity contribution in [3.63, 3.8) is 0 Å². The Kier molecular flexibility index (Phi) is 4.36. The van der Waals surface area contributed by atoms with Gasteiger partial charge in [-0.2, -0.15) is 0 Å². The highest BCUT2D eigenvalue weighted by Crippen LogP contribution is 2.35. The van der Waals surface area contributed by atoms with Crippen molar-refractivity contribution in [3.05, 3.63) is 23.8 Å². The van der Waals surface area contributed by atoms with Gasteiger partial charge >= 0.3 is 0 Å². The molecule has 21 heavy (non-hydrogen) atoms. The first-order chi connectivity index (χ1) is 10.1. The van der Waals surface area contributed by atoms with Crippen LogP contribution >= 0.6 is 0 Å². The number of nitrogens with zero attached hydrogens (tertiary/aromatic N) is 1. The van der Waals surface area contributed by atoms with E-state index in [2.05, 4.69) is 24.1 Å². The Hall–Kier alpha value is -1.26. The number of ether oxygens (including phenoxy) is 1. The molecule has 1 saturated heterocycles. The van der Waals surface area contributed by atoms with E-state index in [0.717, 1.165) is 17.9 Å². The summed E-state index contributed by atoms with van der Waals surface area (Å²) in [6, 6.07) is 6.24. The zero-order valence-electron chi connectivity index (χ0n) is 13.0. The number of phenols is 1. The van der Waals surface area contributed by atoms with Crippen LogP contribution in [0.1, 0.15) is 38.3 Å². The van der Waals surface area contributed by atoms with Gasteiger partial charge in [0.05, 0.1) is 6.04 Å². The molecule has 2 N–H and O–H groups in total. The van der Waals surface area contributed by atoms with E-state index < -0.39 is 0 Å². The lowest BCUT2D eigenvalue weighted by molar-refractivity contribution is 0.178. The van der Waals surface area contributed by atoms with Gasteiger partial charge in [0, 0.05) is 24.2 Å². The van der Waals surface area contributed by atoms with E-state index in [1.54, 1.807) is 12.1 Å². The lowest BCUT2D eigenvalue weighted by Gasteiger charge is -2.32. The second kappa shape index (κ2) is 6.24. The quantitative estimate of drug-likeness (QED) is 0.875. The number of benzene rings is 1. The second-order valence-electron chi connectivity index (χ2n) is 6.55. The van der Waals surface area contributed by atoms with Gasteiger partial charge in [0.25, 0.3) is 0 Å². The van der Waals surface area contributed by atoms with E-state index in [4.69, 9.17) is 4.74 Å². The summed E-state index contributed by atoms with van der Waals surface area (Å²) in [5.41, 5.74) is 1.16. The van der Waals surface area contributed by atoms with Gasteiger partial charge in [-0.15, -0.1) is 0 Å². The molecule has 0 bridgehead atoms. The normalized spacial score (nSPS) is 23.3. The van der Waals surface area contributed by atoms with Gasteiger partial charge in [-0.05, 0) is 44.0 Å². The molecule has 4 heteroatoms. The van der Waals surface area contributed by atoms with Crippen molar-refractivity contribution >= 4 is 0 Å². The molecular formula is C17H26N2O2. The number of fused-ring (bicyclic) bond motifs is 1. The van der Waals surface area contributed by atoms with Crippen LogP contribution in [0.25, 0.3) is 0 Å². The fourth-order valence-corrected chi connectivity index (χ4v) is 3.49. The second-order valence-corrected chi connectivity index (χ2v) is 6.55. The summed E-state index contributed by atoms with van der Waals surface area (Å²) in [6.45, 7) is 8.73. The van der Waals surface area contributed by atoms with E-state index in [1.165, 1.54) is 25.9 Å². The Morgan fingerprint density at radius 1 is 1.33 bits per heavy atom. The summed E-state index contributed by atoms with van der Waals surface area (Å²) in [7, 11) is 0. The summed E-state index contributed by atoms with van der Waals surface area (Å²) in [4.78, 5) is 2.62. The zero-order valence-corrected chi connectivity index (χ0v) is 13.0. The number of phenolic OH excluding ortho intramolecular Hbond substituents is 1. The van der Waals surface area contributed by atoms with Gasteiger partial charge in [-0.1, -0.05) is 13.8 Å². The number of nitrogens with one attached hydrogen (secondary N) is 1. The minimum atomic E-state index is 0.240. The van der Waals surface area contributed by atoms with Crippen molar-refractivity contribution in [2.24, 2.45) is 5.92 Å². The molecule has 2 heterocycles. The zero-order chi connectivity index (χ0) is 14.8. The lowest BCUT2D eigenvalue weighted by Crippen LogP contribution is -2.45. The van der Waals surface area contributed by atoms with Gasteiger partial charge < -0.3 is 15.2 Å². The molecule has 0 aromatic heterocycles. The van der Waals surface area contributed by atoms with Crippen LogP contribution < -0.4 is 10.1 Å². The smallest absolute Gasteiger partial charge is 0.127 e. The molecular weight excluding hydrogens is 264 g/mol. The molecule has 116 valence electrons. The minimum Gasteiger partial charge on any atom is -0.508 e. The molecule has 0 amide bonds. The van der Waals surface area contributed by atoms with Crippen LogP contribution in [0.2, 0.25) is 0 Å². The highest BCUT2D eigenvalue weighted by atomic mass is 16.5. The largest absolute Gasteiger partial charge is 0.508 e. The van der Waals surface area contributed by atoms with E-state index in [0.29, 0.717) is 18.6 Å². The number of likely N-dealkylation sites (tertiary alicyclic amines) is 1. The maximum Gasteiger partial charge on any atom is 0.127 e. The Morgan fingerprint density at radius 2 is 2.10 bits per heavy atom. The van der Waals surface area contributed by atoms with Crippen LogP contribution in [-0.4, -0.2) is 42.3 Å². The van der Waals surface area contributed by atoms with Crippen molar-refractivity contribution < 1.29 is 9.84 Å². The number of hydrogen-bond acceptors (Lipinski definition) is 4. The number of hydrogen-bond donors (Lipinski definition) is 2. The van der Waals surface area contributed by atoms with Gasteiger partial charge in [-0.3, -0.25) is 4.90 Å². The highest BCUT2D eigenvalue weighted by molar-refractivity contribution is 5.44. The first-order valence-electron chi connectivity index (χ1n) is 8.08. The summed E-state index contributed by atoms with van der Waals surface area (Å²) in [5.74, 6) is 1.73. The van der Waals surface area contributed by atoms with Crippen molar-refractivity contribution in [1.82, 2.24) is 10.2 Å². The summed E-state index contributed by atoms with van der Waals surface area (Å²) in [5, 5.41) is 13.2. The van der Waals surface area contributed by atoms with E-state index >= 15 is 0 Å². The summed E-state index contributed by atoms with van der Waals surface area (Å²) in [6.07, 6.45) is 2.66. The first kappa shape index (κ1) is 14.7. The molecule has 0 spiro atoms. The first-order valence-corrected chi connectivity index (χ1v) is 8.08. The Bertz CT molecular complexity index is 484. The molecule has 0 aliphatic carbocycles. The van der Waals surface area contributed by atoms with Crippen LogP contribution in [0.4, 0.5) is 0 Å². The van der Waals surface area contributed by atoms with Crippen LogP contribution in [-0.2, 0) is 0 Å². The van der Waals surface area contributed by atoms with Gasteiger partial charge in [-0.25, -0.2) is 0 Å². The molecule has 0 radical (unpaired) electrons. The van der Waals surface area contributed by atoms with E-state index in [-0.39, 0.29) is 11.8 Å². The average Bonchev–Trinajstić information content (AvgIpc) is 3.08. The molecule has 0 saturated carbocycles. The van der Waals surface area contributed by atoms with E-state index in [1.807, 2.05) is 6.07 Å². The Balaban J connectivity index is 1.62. The lowest BCUT2D eigenvalue weighted by atomic mass is 10.0. The number of rotatable bonds is 5. The van der Waals surface area contributed by atoms with Crippen LogP contribution in [0.3, 0.4) is 0 Å². The third-order valence-corrected chi connectivity index (χ3v) is 4.73. The van der Waals surface area contributed by atoms with Crippen LogP contribution in [0, 0.1) is 5.92 Å². The third-order valence-electron chi connectivity index (χ3n) is 4.73. The monoisotopic (exact) mass is 290 g/mol. The Morgan fingerprint density at radius 3 is 2.81 bits per heavy atom. The average molecular weight is 290 g/mol. The van der Waals surface area contributed by atoms with Crippen molar-refractivity contribution in [3.8, 4) is 11.5 Å². The predicted molar refractivity (Wildman–Crippen MR) is 83.8 cm³/mol. The topological polar surface area (TPSA) is 44.7 Å². The highest BCUT2D eigenvalue weighted by Gasteiger charge is 2.28. The van der Waals surface area contributed by atoms with Gasteiger partial charge in [0.2, 0.25) is 0 Å². The van der Waals surface area contributed by atoms with Gasteiger partial charge in [0.1, 0.15) is 18.1 Å². The maximum atomic E-state index is 9.51. The fraction of sp³-hybridized carbons (Fsp3) is 0.647. The third kappa shape index (κ3) is 3.16. The summed E-state index contributed by atoms with van der Waals surface area (Å²) >= 11 is 0. The number of aromatic hydroxyl groups is 1. The van der Waals surface area contributed by atoms with Crippen molar-refractivity contribution in [2.75, 3.05) is 26.2 Å². The molecule has 1 aromatic carbocycles. The molecule has 2 atom stereocenters. The molecule has 2 aliphatic rings. The van der Waals surface area contributed by atoms with Crippen LogP contribution in [0.5, 0.6) is 11.5 Å². The van der Waals surface area contributed by atoms with Crippen LogP contribution in [0.15, 0.2) is 18.2 Å². The summed E-state index contributed by atoms with van der Waals surface area (Å²) < 4.78 is 5.67. The molecule has 2 aliphatic heterocycles. The minimum absolute atomic E-state index is 0.240. The van der Waals surface area contributed by atoms with Gasteiger partial charge in [0.15, 0.2) is 0 Å². The maximum absolute atomic E-state index is 9.51. The SMILES string of the molecule is CC(C)C(CNC1COc2cc(O)ccc21)N1CCCC1. The fourth-order valence-electron chi connectivity index (χ4n) is 3.49. The molecule has 1 fully saturated rings.